The number of nitrogens with one attached hydrogen (secondary N) is 1. The van der Waals surface area contributed by atoms with E-state index in [4.69, 9.17) is 4.74 Å². The molecule has 1 aliphatic rings. The minimum atomic E-state index is -3.35. The summed E-state index contributed by atoms with van der Waals surface area (Å²) in [5.41, 5.74) is 0.494. The maximum atomic E-state index is 12.7. The third-order valence-electron chi connectivity index (χ3n) is 3.76. The van der Waals surface area contributed by atoms with Gasteiger partial charge in [-0.2, -0.15) is 0 Å². The minimum Gasteiger partial charge on any atom is -0.490 e. The van der Waals surface area contributed by atoms with Crippen molar-refractivity contribution in [2.24, 2.45) is 5.41 Å². The molecular formula is C16H24N2O4S. The van der Waals surface area contributed by atoms with Crippen molar-refractivity contribution in [2.75, 3.05) is 28.5 Å². The van der Waals surface area contributed by atoms with Crippen LogP contribution in [0.2, 0.25) is 0 Å². The lowest BCUT2D eigenvalue weighted by Crippen LogP contribution is -2.42. The molecule has 0 aromatic heterocycles. The molecule has 7 heteroatoms. The van der Waals surface area contributed by atoms with E-state index in [-0.39, 0.29) is 18.3 Å². The summed E-state index contributed by atoms with van der Waals surface area (Å²) < 4.78 is 31.7. The van der Waals surface area contributed by atoms with Gasteiger partial charge in [0.1, 0.15) is 12.4 Å². The molecule has 1 aliphatic heterocycles. The maximum absolute atomic E-state index is 12.7. The number of carbonyl (C=O) groups is 1. The average Bonchev–Trinajstić information content (AvgIpc) is 2.58. The first kappa shape index (κ1) is 17.6. The molecule has 0 atom stereocenters. The normalized spacial score (nSPS) is 17.2. The Morgan fingerprint density at radius 1 is 1.30 bits per heavy atom. The van der Waals surface area contributed by atoms with Crippen molar-refractivity contribution in [3.8, 4) is 5.75 Å². The Hall–Kier alpha value is -1.76. The van der Waals surface area contributed by atoms with Crippen LogP contribution < -0.4 is 14.4 Å². The van der Waals surface area contributed by atoms with Crippen molar-refractivity contribution in [2.45, 2.75) is 34.1 Å². The SMILES string of the molecule is CCCN1C(=O)C(C)(C)COc2cc(NS(=O)(=O)CC)ccc21. The number of amides is 1. The van der Waals surface area contributed by atoms with E-state index in [2.05, 4.69) is 4.72 Å². The van der Waals surface area contributed by atoms with Crippen LogP contribution in [0, 0.1) is 5.41 Å². The minimum absolute atomic E-state index is 0.00157. The number of ether oxygens (including phenoxy) is 1. The second-order valence-corrected chi connectivity index (χ2v) is 8.33. The molecule has 0 spiro atoms. The molecule has 1 amide bonds. The van der Waals surface area contributed by atoms with Gasteiger partial charge in [0.05, 0.1) is 22.5 Å². The average molecular weight is 340 g/mol. The van der Waals surface area contributed by atoms with E-state index < -0.39 is 15.4 Å². The van der Waals surface area contributed by atoms with Crippen LogP contribution in [0.25, 0.3) is 0 Å². The highest BCUT2D eigenvalue weighted by atomic mass is 32.2. The summed E-state index contributed by atoms with van der Waals surface area (Å²) in [6, 6.07) is 5.03. The Bertz CT molecular complexity index is 698. The lowest BCUT2D eigenvalue weighted by Gasteiger charge is -2.27. The van der Waals surface area contributed by atoms with Crippen molar-refractivity contribution in [3.05, 3.63) is 18.2 Å². The van der Waals surface area contributed by atoms with Gasteiger partial charge in [-0.15, -0.1) is 0 Å². The van der Waals surface area contributed by atoms with Crippen molar-refractivity contribution in [1.82, 2.24) is 0 Å². The molecule has 0 aliphatic carbocycles. The van der Waals surface area contributed by atoms with E-state index in [9.17, 15) is 13.2 Å². The zero-order valence-corrected chi connectivity index (χ0v) is 14.9. The number of anilines is 2. The molecule has 0 saturated heterocycles. The van der Waals surface area contributed by atoms with Gasteiger partial charge in [0, 0.05) is 12.6 Å². The summed E-state index contributed by atoms with van der Waals surface area (Å²) in [6.07, 6.45) is 0.825. The zero-order chi connectivity index (χ0) is 17.3. The van der Waals surface area contributed by atoms with Gasteiger partial charge in [-0.05, 0) is 39.3 Å². The maximum Gasteiger partial charge on any atom is 0.236 e. The van der Waals surface area contributed by atoms with Crippen molar-refractivity contribution < 1.29 is 17.9 Å². The summed E-state index contributed by atoms with van der Waals surface area (Å²) in [7, 11) is -3.35. The first-order chi connectivity index (χ1) is 10.7. The monoisotopic (exact) mass is 340 g/mol. The number of sulfonamides is 1. The molecule has 0 bridgehead atoms. The Kier molecular flexibility index (Phi) is 4.89. The molecule has 0 unspecified atom stereocenters. The molecule has 128 valence electrons. The van der Waals surface area contributed by atoms with Crippen molar-refractivity contribution in [1.29, 1.82) is 0 Å². The highest BCUT2D eigenvalue weighted by molar-refractivity contribution is 7.92. The molecular weight excluding hydrogens is 316 g/mol. The van der Waals surface area contributed by atoms with Gasteiger partial charge in [-0.25, -0.2) is 8.42 Å². The summed E-state index contributed by atoms with van der Waals surface area (Å²) >= 11 is 0. The summed E-state index contributed by atoms with van der Waals surface area (Å²) in [6.45, 7) is 8.14. The summed E-state index contributed by atoms with van der Waals surface area (Å²) in [5.74, 6) is 0.534. The van der Waals surface area contributed by atoms with Crippen LogP contribution in [0.1, 0.15) is 34.1 Å². The van der Waals surface area contributed by atoms with Crippen LogP contribution in [0.5, 0.6) is 5.75 Å². The van der Waals surface area contributed by atoms with Gasteiger partial charge in [0.15, 0.2) is 0 Å². The Morgan fingerprint density at radius 3 is 2.61 bits per heavy atom. The van der Waals surface area contributed by atoms with Crippen LogP contribution in [0.3, 0.4) is 0 Å². The van der Waals surface area contributed by atoms with E-state index in [1.54, 1.807) is 30.0 Å². The second kappa shape index (κ2) is 6.39. The van der Waals surface area contributed by atoms with Crippen molar-refractivity contribution >= 4 is 27.3 Å². The molecule has 23 heavy (non-hydrogen) atoms. The molecule has 0 radical (unpaired) electrons. The Labute approximate surface area is 137 Å². The first-order valence-electron chi connectivity index (χ1n) is 7.79. The van der Waals surface area contributed by atoms with Crippen LogP contribution >= 0.6 is 0 Å². The fraction of sp³-hybridized carbons (Fsp3) is 0.562. The van der Waals surface area contributed by atoms with Crippen molar-refractivity contribution in [3.63, 3.8) is 0 Å². The lowest BCUT2D eigenvalue weighted by atomic mass is 9.93. The van der Waals surface area contributed by atoms with Gasteiger partial charge >= 0.3 is 0 Å². The van der Waals surface area contributed by atoms with Crippen LogP contribution in [-0.2, 0) is 14.8 Å². The lowest BCUT2D eigenvalue weighted by molar-refractivity contribution is -0.127. The van der Waals surface area contributed by atoms with E-state index in [0.717, 1.165) is 6.42 Å². The highest BCUT2D eigenvalue weighted by Crippen LogP contribution is 2.38. The molecule has 0 saturated carbocycles. The third-order valence-corrected chi connectivity index (χ3v) is 5.07. The smallest absolute Gasteiger partial charge is 0.236 e. The van der Waals surface area contributed by atoms with E-state index >= 15 is 0 Å². The van der Waals surface area contributed by atoms with Crippen LogP contribution in [0.4, 0.5) is 11.4 Å². The van der Waals surface area contributed by atoms with Crippen LogP contribution in [-0.4, -0.2) is 33.2 Å². The number of rotatable bonds is 5. The number of hydrogen-bond acceptors (Lipinski definition) is 4. The Morgan fingerprint density at radius 2 is 2.00 bits per heavy atom. The number of benzene rings is 1. The zero-order valence-electron chi connectivity index (χ0n) is 14.0. The topological polar surface area (TPSA) is 75.7 Å². The van der Waals surface area contributed by atoms with Gasteiger partial charge in [-0.1, -0.05) is 6.92 Å². The quantitative estimate of drug-likeness (QED) is 0.894. The molecule has 6 nitrogen and oxygen atoms in total. The van der Waals surface area contributed by atoms with E-state index in [1.807, 2.05) is 20.8 Å². The molecule has 1 N–H and O–H groups in total. The first-order valence-corrected chi connectivity index (χ1v) is 9.44. The molecule has 1 heterocycles. The number of nitrogens with zero attached hydrogens (tertiary/aromatic N) is 1. The molecule has 1 aromatic carbocycles. The third kappa shape index (κ3) is 3.77. The molecule has 0 fully saturated rings. The fourth-order valence-electron chi connectivity index (χ4n) is 2.41. The number of hydrogen-bond donors (Lipinski definition) is 1. The summed E-state index contributed by atoms with van der Waals surface area (Å²) in [4.78, 5) is 14.4. The van der Waals surface area contributed by atoms with E-state index in [1.165, 1.54) is 0 Å². The van der Waals surface area contributed by atoms with E-state index in [0.29, 0.717) is 23.7 Å². The molecule has 2 rings (SSSR count). The summed E-state index contributed by atoms with van der Waals surface area (Å²) in [5, 5.41) is 0. The second-order valence-electron chi connectivity index (χ2n) is 6.32. The fourth-order valence-corrected chi connectivity index (χ4v) is 3.04. The Balaban J connectivity index is 2.43. The van der Waals surface area contributed by atoms with Gasteiger partial charge in [0.2, 0.25) is 15.9 Å². The number of fused-ring (bicyclic) bond motifs is 1. The predicted molar refractivity (Wildman–Crippen MR) is 91.4 cm³/mol. The molecule has 1 aromatic rings. The largest absolute Gasteiger partial charge is 0.490 e. The van der Waals surface area contributed by atoms with Gasteiger partial charge in [0.25, 0.3) is 0 Å². The van der Waals surface area contributed by atoms with Gasteiger partial charge in [-0.3, -0.25) is 9.52 Å². The predicted octanol–water partition coefficient (Wildman–Crippen LogP) is 2.61. The standard InChI is InChI=1S/C16H24N2O4S/c1-5-9-18-13-8-7-12(17-23(20,21)6-2)10-14(13)22-11-16(3,4)15(18)19/h7-8,10,17H,5-6,9,11H2,1-4H3. The number of carbonyl (C=O) groups excluding carboxylic acids is 1. The van der Waals surface area contributed by atoms with Gasteiger partial charge < -0.3 is 9.64 Å². The van der Waals surface area contributed by atoms with Crippen LogP contribution in [0.15, 0.2) is 18.2 Å². The highest BCUT2D eigenvalue weighted by Gasteiger charge is 2.37.